The van der Waals surface area contributed by atoms with E-state index in [1.165, 1.54) is 25.7 Å². The van der Waals surface area contributed by atoms with Gasteiger partial charge in [0.15, 0.2) is 0 Å². The van der Waals surface area contributed by atoms with Crippen LogP contribution in [0.15, 0.2) is 30.3 Å². The average Bonchev–Trinajstić information content (AvgIpc) is 3.27. The second kappa shape index (κ2) is 6.70. The SMILES string of the molecule is O=C(NC1CC(=O)N(Cc2ccccc2)C1)NC1(C2CC2)CCCC1. The van der Waals surface area contributed by atoms with Gasteiger partial charge in [0.25, 0.3) is 0 Å². The highest BCUT2D eigenvalue weighted by molar-refractivity contribution is 5.82. The zero-order chi connectivity index (χ0) is 17.3. The van der Waals surface area contributed by atoms with Gasteiger partial charge in [0.05, 0.1) is 6.04 Å². The standard InChI is InChI=1S/C20H27N3O2/c24-18-12-17(14-23(18)13-15-6-2-1-3-7-15)21-19(25)22-20(16-8-9-16)10-4-5-11-20/h1-3,6-7,16-17H,4-5,8-14H2,(H2,21,22,25). The van der Waals surface area contributed by atoms with Gasteiger partial charge < -0.3 is 15.5 Å². The fraction of sp³-hybridized carbons (Fsp3) is 0.600. The van der Waals surface area contributed by atoms with Gasteiger partial charge in [-0.05, 0) is 37.2 Å². The number of rotatable bonds is 5. The topological polar surface area (TPSA) is 61.4 Å². The molecule has 2 aliphatic carbocycles. The van der Waals surface area contributed by atoms with Crippen molar-refractivity contribution in [1.82, 2.24) is 15.5 Å². The van der Waals surface area contributed by atoms with Gasteiger partial charge >= 0.3 is 6.03 Å². The molecule has 0 bridgehead atoms. The van der Waals surface area contributed by atoms with Crippen molar-refractivity contribution in [3.05, 3.63) is 35.9 Å². The number of nitrogens with zero attached hydrogens (tertiary/aromatic N) is 1. The molecule has 1 aromatic carbocycles. The molecule has 5 nitrogen and oxygen atoms in total. The van der Waals surface area contributed by atoms with E-state index >= 15 is 0 Å². The van der Waals surface area contributed by atoms with Crippen molar-refractivity contribution in [3.63, 3.8) is 0 Å². The summed E-state index contributed by atoms with van der Waals surface area (Å²) >= 11 is 0. The van der Waals surface area contributed by atoms with E-state index in [0.29, 0.717) is 25.4 Å². The lowest BCUT2D eigenvalue weighted by molar-refractivity contribution is -0.128. The van der Waals surface area contributed by atoms with Crippen LogP contribution in [-0.2, 0) is 11.3 Å². The van der Waals surface area contributed by atoms with E-state index in [9.17, 15) is 9.59 Å². The quantitative estimate of drug-likeness (QED) is 0.865. The minimum Gasteiger partial charge on any atom is -0.336 e. The predicted molar refractivity (Wildman–Crippen MR) is 95.9 cm³/mol. The summed E-state index contributed by atoms with van der Waals surface area (Å²) in [6.45, 7) is 1.21. The number of nitrogens with one attached hydrogen (secondary N) is 2. The van der Waals surface area contributed by atoms with Crippen LogP contribution in [0.3, 0.4) is 0 Å². The maximum atomic E-state index is 12.5. The molecule has 1 saturated heterocycles. The van der Waals surface area contributed by atoms with Crippen LogP contribution in [0, 0.1) is 5.92 Å². The molecule has 25 heavy (non-hydrogen) atoms. The molecule has 1 aliphatic heterocycles. The second-order valence-electron chi connectivity index (χ2n) is 7.90. The maximum Gasteiger partial charge on any atom is 0.315 e. The van der Waals surface area contributed by atoms with Crippen LogP contribution in [0.5, 0.6) is 0 Å². The Bertz CT molecular complexity index is 636. The number of amides is 3. The lowest BCUT2D eigenvalue weighted by Gasteiger charge is -2.31. The van der Waals surface area contributed by atoms with Gasteiger partial charge in [0.2, 0.25) is 5.91 Å². The summed E-state index contributed by atoms with van der Waals surface area (Å²) in [6, 6.07) is 9.82. The predicted octanol–water partition coefficient (Wildman–Crippen LogP) is 2.81. The molecule has 5 heteroatoms. The fourth-order valence-electron chi connectivity index (χ4n) is 4.55. The first-order valence-electron chi connectivity index (χ1n) is 9.55. The number of carbonyl (C=O) groups is 2. The Kier molecular flexibility index (Phi) is 4.40. The summed E-state index contributed by atoms with van der Waals surface area (Å²) < 4.78 is 0. The number of likely N-dealkylation sites (tertiary alicyclic amines) is 1. The van der Waals surface area contributed by atoms with Crippen molar-refractivity contribution in [2.75, 3.05) is 6.54 Å². The van der Waals surface area contributed by atoms with E-state index in [0.717, 1.165) is 18.4 Å². The zero-order valence-corrected chi connectivity index (χ0v) is 14.7. The Morgan fingerprint density at radius 3 is 2.56 bits per heavy atom. The minimum atomic E-state index is -0.0897. The van der Waals surface area contributed by atoms with E-state index in [-0.39, 0.29) is 23.5 Å². The summed E-state index contributed by atoms with van der Waals surface area (Å²) in [7, 11) is 0. The highest BCUT2D eigenvalue weighted by atomic mass is 16.2. The van der Waals surface area contributed by atoms with Crippen LogP contribution in [0.1, 0.15) is 50.5 Å². The Hall–Kier alpha value is -2.04. The first kappa shape index (κ1) is 16.4. The van der Waals surface area contributed by atoms with E-state index in [1.807, 2.05) is 35.2 Å². The van der Waals surface area contributed by atoms with Gasteiger partial charge in [-0.25, -0.2) is 4.79 Å². The van der Waals surface area contributed by atoms with Crippen molar-refractivity contribution < 1.29 is 9.59 Å². The van der Waals surface area contributed by atoms with Crippen molar-refractivity contribution in [3.8, 4) is 0 Å². The summed E-state index contributed by atoms with van der Waals surface area (Å²) in [5.41, 5.74) is 1.15. The largest absolute Gasteiger partial charge is 0.336 e. The van der Waals surface area contributed by atoms with E-state index in [2.05, 4.69) is 10.6 Å². The van der Waals surface area contributed by atoms with Gasteiger partial charge in [-0.1, -0.05) is 43.2 Å². The molecular weight excluding hydrogens is 314 g/mol. The van der Waals surface area contributed by atoms with Gasteiger partial charge in [0.1, 0.15) is 0 Å². The first-order valence-corrected chi connectivity index (χ1v) is 9.55. The maximum absolute atomic E-state index is 12.5. The van der Waals surface area contributed by atoms with Crippen LogP contribution in [-0.4, -0.2) is 35.0 Å². The monoisotopic (exact) mass is 341 g/mol. The molecule has 0 aromatic heterocycles. The number of hydrogen-bond acceptors (Lipinski definition) is 2. The molecule has 0 radical (unpaired) electrons. The first-order chi connectivity index (χ1) is 12.1. The lowest BCUT2D eigenvalue weighted by atomic mass is 9.91. The Labute approximate surface area is 149 Å². The molecule has 1 atom stereocenters. The molecule has 2 N–H and O–H groups in total. The second-order valence-corrected chi connectivity index (χ2v) is 7.90. The molecule has 3 amide bonds. The molecule has 0 spiro atoms. The lowest BCUT2D eigenvalue weighted by Crippen LogP contribution is -2.54. The third-order valence-corrected chi connectivity index (χ3v) is 5.98. The third-order valence-electron chi connectivity index (χ3n) is 5.98. The zero-order valence-electron chi connectivity index (χ0n) is 14.7. The summed E-state index contributed by atoms with van der Waals surface area (Å²) in [5.74, 6) is 0.785. The average molecular weight is 341 g/mol. The molecule has 3 fully saturated rings. The summed E-state index contributed by atoms with van der Waals surface area (Å²) in [5, 5.41) is 6.33. The van der Waals surface area contributed by atoms with Gasteiger partial charge in [-0.3, -0.25) is 4.79 Å². The molecule has 4 rings (SSSR count). The van der Waals surface area contributed by atoms with E-state index in [4.69, 9.17) is 0 Å². The van der Waals surface area contributed by atoms with Crippen molar-refractivity contribution >= 4 is 11.9 Å². The number of benzene rings is 1. The van der Waals surface area contributed by atoms with Crippen LogP contribution in [0.25, 0.3) is 0 Å². The summed E-state index contributed by atoms with van der Waals surface area (Å²) in [4.78, 5) is 26.6. The fourth-order valence-corrected chi connectivity index (χ4v) is 4.55. The van der Waals surface area contributed by atoms with E-state index < -0.39 is 0 Å². The minimum absolute atomic E-state index is 0.0242. The van der Waals surface area contributed by atoms with Crippen LogP contribution in [0.2, 0.25) is 0 Å². The molecule has 2 saturated carbocycles. The highest BCUT2D eigenvalue weighted by Gasteiger charge is 2.48. The number of carbonyl (C=O) groups excluding carboxylic acids is 2. The third kappa shape index (κ3) is 3.65. The summed E-state index contributed by atoms with van der Waals surface area (Å²) in [6.07, 6.45) is 7.52. The molecular formula is C20H27N3O2. The Morgan fingerprint density at radius 2 is 1.88 bits per heavy atom. The molecule has 1 heterocycles. The van der Waals surface area contributed by atoms with Crippen LogP contribution < -0.4 is 10.6 Å². The molecule has 3 aliphatic rings. The number of hydrogen-bond donors (Lipinski definition) is 2. The van der Waals surface area contributed by atoms with Crippen LogP contribution in [0.4, 0.5) is 4.79 Å². The van der Waals surface area contributed by atoms with Gasteiger partial charge in [-0.2, -0.15) is 0 Å². The normalized spacial score (nSPS) is 25.2. The Morgan fingerprint density at radius 1 is 1.16 bits per heavy atom. The molecule has 1 unspecified atom stereocenters. The van der Waals surface area contributed by atoms with Gasteiger partial charge in [-0.15, -0.1) is 0 Å². The van der Waals surface area contributed by atoms with Gasteiger partial charge in [0, 0.05) is 25.0 Å². The number of urea groups is 1. The molecule has 134 valence electrons. The molecule has 1 aromatic rings. The Balaban J connectivity index is 1.31. The van der Waals surface area contributed by atoms with E-state index in [1.54, 1.807) is 0 Å². The smallest absolute Gasteiger partial charge is 0.315 e. The van der Waals surface area contributed by atoms with Crippen LogP contribution >= 0.6 is 0 Å². The highest BCUT2D eigenvalue weighted by Crippen LogP contribution is 2.48. The van der Waals surface area contributed by atoms with Crippen molar-refractivity contribution in [2.45, 2.75) is 63.1 Å². The van der Waals surface area contributed by atoms with Crippen molar-refractivity contribution in [1.29, 1.82) is 0 Å². The van der Waals surface area contributed by atoms with Crippen molar-refractivity contribution in [2.24, 2.45) is 5.92 Å².